The average Bonchev–Trinajstić information content (AvgIpc) is 2.33. The summed E-state index contributed by atoms with van der Waals surface area (Å²) in [6, 6.07) is 7.94. The van der Waals surface area contributed by atoms with Gasteiger partial charge in [0.25, 0.3) is 0 Å². The second-order valence-corrected chi connectivity index (χ2v) is 4.72. The van der Waals surface area contributed by atoms with Crippen molar-refractivity contribution in [3.63, 3.8) is 0 Å². The summed E-state index contributed by atoms with van der Waals surface area (Å²) in [5.74, 6) is 0.777. The maximum Gasteiger partial charge on any atom is 0.0736 e. The number of benzene rings is 1. The van der Waals surface area contributed by atoms with E-state index in [1.54, 1.807) is 0 Å². The Balaban J connectivity index is 1.73. The Kier molecular flexibility index (Phi) is 4.23. The van der Waals surface area contributed by atoms with Gasteiger partial charge < -0.3 is 10.5 Å². The van der Waals surface area contributed by atoms with E-state index >= 15 is 0 Å². The predicted molar refractivity (Wildman–Crippen MR) is 67.1 cm³/mol. The maximum absolute atomic E-state index is 5.86. The first-order valence-electron chi connectivity index (χ1n) is 6.27. The molecule has 1 aromatic carbocycles. The van der Waals surface area contributed by atoms with Crippen molar-refractivity contribution >= 4 is 5.69 Å². The summed E-state index contributed by atoms with van der Waals surface area (Å²) >= 11 is 0. The molecule has 2 rings (SSSR count). The highest BCUT2D eigenvalue weighted by atomic mass is 16.5. The zero-order valence-corrected chi connectivity index (χ0v) is 9.82. The van der Waals surface area contributed by atoms with Crippen molar-refractivity contribution in [2.24, 2.45) is 5.92 Å². The SMILES string of the molecule is Nc1ccccc1COCC1CCCCC1. The van der Waals surface area contributed by atoms with Crippen LogP contribution >= 0.6 is 0 Å². The number of ether oxygens (including phenoxy) is 1. The fourth-order valence-electron chi connectivity index (χ4n) is 2.35. The Morgan fingerprint density at radius 3 is 2.62 bits per heavy atom. The Hall–Kier alpha value is -1.02. The van der Waals surface area contributed by atoms with Crippen molar-refractivity contribution in [2.75, 3.05) is 12.3 Å². The Bertz CT molecular complexity index is 318. The molecule has 1 aromatic rings. The van der Waals surface area contributed by atoms with Gasteiger partial charge in [0.05, 0.1) is 6.61 Å². The first-order valence-corrected chi connectivity index (χ1v) is 6.27. The highest BCUT2D eigenvalue weighted by Crippen LogP contribution is 2.24. The Labute approximate surface area is 97.8 Å². The van der Waals surface area contributed by atoms with E-state index in [4.69, 9.17) is 10.5 Å². The lowest BCUT2D eigenvalue weighted by Gasteiger charge is -2.21. The van der Waals surface area contributed by atoms with Crippen LogP contribution in [0.15, 0.2) is 24.3 Å². The van der Waals surface area contributed by atoms with Gasteiger partial charge in [-0.05, 0) is 24.8 Å². The first-order chi connectivity index (χ1) is 7.86. The van der Waals surface area contributed by atoms with Crippen LogP contribution in [0, 0.1) is 5.92 Å². The smallest absolute Gasteiger partial charge is 0.0736 e. The van der Waals surface area contributed by atoms with Gasteiger partial charge in [0, 0.05) is 17.9 Å². The number of para-hydroxylation sites is 1. The summed E-state index contributed by atoms with van der Waals surface area (Å²) in [5.41, 5.74) is 7.81. The Morgan fingerprint density at radius 1 is 1.12 bits per heavy atom. The lowest BCUT2D eigenvalue weighted by atomic mass is 9.90. The topological polar surface area (TPSA) is 35.2 Å². The van der Waals surface area contributed by atoms with E-state index in [9.17, 15) is 0 Å². The highest BCUT2D eigenvalue weighted by Gasteiger charge is 2.13. The average molecular weight is 219 g/mol. The number of hydrogen-bond donors (Lipinski definition) is 1. The molecule has 0 unspecified atom stereocenters. The molecule has 1 saturated carbocycles. The van der Waals surface area contributed by atoms with Crippen molar-refractivity contribution in [1.82, 2.24) is 0 Å². The van der Waals surface area contributed by atoms with Gasteiger partial charge in [-0.15, -0.1) is 0 Å². The fourth-order valence-corrected chi connectivity index (χ4v) is 2.35. The molecular weight excluding hydrogens is 198 g/mol. The molecule has 0 heterocycles. The molecular formula is C14H21NO. The van der Waals surface area contributed by atoms with Crippen LogP contribution in [0.3, 0.4) is 0 Å². The third-order valence-corrected chi connectivity index (χ3v) is 3.39. The third kappa shape index (κ3) is 3.24. The molecule has 1 aliphatic rings. The molecule has 0 aliphatic heterocycles. The summed E-state index contributed by atoms with van der Waals surface area (Å²) in [6.07, 6.45) is 6.83. The lowest BCUT2D eigenvalue weighted by Crippen LogP contribution is -2.13. The van der Waals surface area contributed by atoms with Gasteiger partial charge in [0.1, 0.15) is 0 Å². The summed E-state index contributed by atoms with van der Waals surface area (Å²) in [5, 5.41) is 0. The third-order valence-electron chi connectivity index (χ3n) is 3.39. The number of anilines is 1. The summed E-state index contributed by atoms with van der Waals surface area (Å²) in [6.45, 7) is 1.55. The number of rotatable bonds is 4. The minimum absolute atomic E-state index is 0.656. The van der Waals surface area contributed by atoms with Crippen molar-refractivity contribution in [3.05, 3.63) is 29.8 Å². The molecule has 1 aliphatic carbocycles. The van der Waals surface area contributed by atoms with Gasteiger partial charge >= 0.3 is 0 Å². The van der Waals surface area contributed by atoms with Crippen LogP contribution in [0.25, 0.3) is 0 Å². The van der Waals surface area contributed by atoms with Crippen LogP contribution in [0.4, 0.5) is 5.69 Å². The van der Waals surface area contributed by atoms with E-state index in [1.165, 1.54) is 32.1 Å². The molecule has 1 fully saturated rings. The normalized spacial score (nSPS) is 17.5. The molecule has 2 heteroatoms. The van der Waals surface area contributed by atoms with Gasteiger partial charge in [-0.25, -0.2) is 0 Å². The van der Waals surface area contributed by atoms with Gasteiger partial charge in [-0.3, -0.25) is 0 Å². The number of nitrogens with two attached hydrogens (primary N) is 1. The zero-order valence-electron chi connectivity index (χ0n) is 9.82. The number of hydrogen-bond acceptors (Lipinski definition) is 2. The van der Waals surface area contributed by atoms with Gasteiger partial charge in [0.2, 0.25) is 0 Å². The molecule has 88 valence electrons. The lowest BCUT2D eigenvalue weighted by molar-refractivity contribution is 0.0742. The van der Waals surface area contributed by atoms with E-state index in [0.717, 1.165) is 23.8 Å². The van der Waals surface area contributed by atoms with E-state index in [-0.39, 0.29) is 0 Å². The largest absolute Gasteiger partial charge is 0.398 e. The molecule has 0 aromatic heterocycles. The predicted octanol–water partition coefficient (Wildman–Crippen LogP) is 3.37. The fraction of sp³-hybridized carbons (Fsp3) is 0.571. The Morgan fingerprint density at radius 2 is 1.88 bits per heavy atom. The minimum atomic E-state index is 0.656. The molecule has 2 N–H and O–H groups in total. The molecule has 2 nitrogen and oxygen atoms in total. The summed E-state index contributed by atoms with van der Waals surface area (Å²) in [7, 11) is 0. The second-order valence-electron chi connectivity index (χ2n) is 4.72. The van der Waals surface area contributed by atoms with Crippen LogP contribution in [0.1, 0.15) is 37.7 Å². The van der Waals surface area contributed by atoms with Gasteiger partial charge in [-0.1, -0.05) is 37.5 Å². The quantitative estimate of drug-likeness (QED) is 0.788. The van der Waals surface area contributed by atoms with Crippen molar-refractivity contribution in [3.8, 4) is 0 Å². The molecule has 0 radical (unpaired) electrons. The van der Waals surface area contributed by atoms with Gasteiger partial charge in [-0.2, -0.15) is 0 Å². The van der Waals surface area contributed by atoms with Crippen molar-refractivity contribution < 1.29 is 4.74 Å². The van der Waals surface area contributed by atoms with E-state index in [0.29, 0.717) is 6.61 Å². The molecule has 0 atom stereocenters. The number of nitrogen functional groups attached to an aromatic ring is 1. The van der Waals surface area contributed by atoms with Crippen LogP contribution < -0.4 is 5.73 Å². The van der Waals surface area contributed by atoms with E-state index in [1.807, 2.05) is 24.3 Å². The first kappa shape index (κ1) is 11.5. The molecule has 0 amide bonds. The summed E-state index contributed by atoms with van der Waals surface area (Å²) < 4.78 is 5.76. The van der Waals surface area contributed by atoms with Crippen LogP contribution in [-0.4, -0.2) is 6.61 Å². The van der Waals surface area contributed by atoms with Crippen molar-refractivity contribution in [1.29, 1.82) is 0 Å². The molecule has 0 bridgehead atoms. The highest BCUT2D eigenvalue weighted by molar-refractivity contribution is 5.45. The molecule has 0 saturated heterocycles. The van der Waals surface area contributed by atoms with E-state index < -0.39 is 0 Å². The van der Waals surface area contributed by atoms with Gasteiger partial charge in [0.15, 0.2) is 0 Å². The van der Waals surface area contributed by atoms with E-state index in [2.05, 4.69) is 0 Å². The maximum atomic E-state index is 5.86. The minimum Gasteiger partial charge on any atom is -0.398 e. The zero-order chi connectivity index (χ0) is 11.2. The summed E-state index contributed by atoms with van der Waals surface area (Å²) in [4.78, 5) is 0. The standard InChI is InChI=1S/C14H21NO/c15-14-9-5-4-8-13(14)11-16-10-12-6-2-1-3-7-12/h4-5,8-9,12H,1-3,6-7,10-11,15H2. The molecule has 16 heavy (non-hydrogen) atoms. The van der Waals surface area contributed by atoms with Crippen LogP contribution in [0.2, 0.25) is 0 Å². The molecule has 0 spiro atoms. The van der Waals surface area contributed by atoms with Crippen LogP contribution in [0.5, 0.6) is 0 Å². The van der Waals surface area contributed by atoms with Crippen molar-refractivity contribution in [2.45, 2.75) is 38.7 Å². The second kappa shape index (κ2) is 5.90. The van der Waals surface area contributed by atoms with Crippen LogP contribution in [-0.2, 0) is 11.3 Å². The monoisotopic (exact) mass is 219 g/mol.